The van der Waals surface area contributed by atoms with Crippen molar-refractivity contribution in [3.05, 3.63) is 22.8 Å². The fourth-order valence-corrected chi connectivity index (χ4v) is 1.80. The first-order valence-electron chi connectivity index (χ1n) is 6.58. The van der Waals surface area contributed by atoms with Gasteiger partial charge in [-0.15, -0.1) is 0 Å². The number of aromatic nitrogens is 1. The predicted molar refractivity (Wildman–Crippen MR) is 76.2 cm³/mol. The molecule has 0 aliphatic rings. The molecule has 0 aromatic carbocycles. The highest BCUT2D eigenvalue weighted by molar-refractivity contribution is 6.31. The van der Waals surface area contributed by atoms with E-state index >= 15 is 0 Å². The normalized spacial score (nSPS) is 12.8. The van der Waals surface area contributed by atoms with Gasteiger partial charge in [-0.2, -0.15) is 0 Å². The van der Waals surface area contributed by atoms with Crippen molar-refractivity contribution in [1.82, 2.24) is 10.3 Å². The number of nitrogens with one attached hydrogen (secondary N) is 1. The molecule has 0 amide bonds. The summed E-state index contributed by atoms with van der Waals surface area (Å²) in [5, 5.41) is 3.99. The average molecular weight is 271 g/mol. The van der Waals surface area contributed by atoms with Gasteiger partial charge < -0.3 is 10.1 Å². The molecule has 1 aromatic rings. The summed E-state index contributed by atoms with van der Waals surface area (Å²) in [5.74, 6) is 0.654. The minimum atomic E-state index is 0.189. The van der Waals surface area contributed by atoms with Gasteiger partial charge >= 0.3 is 0 Å². The summed E-state index contributed by atoms with van der Waals surface area (Å²) < 4.78 is 5.76. The fourth-order valence-electron chi connectivity index (χ4n) is 1.63. The lowest BCUT2D eigenvalue weighted by Crippen LogP contribution is -2.23. The van der Waals surface area contributed by atoms with Crippen LogP contribution in [0.5, 0.6) is 5.88 Å². The summed E-state index contributed by atoms with van der Waals surface area (Å²) in [5.41, 5.74) is 0.839. The number of nitrogens with zero attached hydrogens (tertiary/aromatic N) is 1. The lowest BCUT2D eigenvalue weighted by molar-refractivity contribution is 0.201. The Morgan fingerprint density at radius 2 is 2.06 bits per heavy atom. The molecule has 102 valence electrons. The molecule has 18 heavy (non-hydrogen) atoms. The summed E-state index contributed by atoms with van der Waals surface area (Å²) in [6.07, 6.45) is 2.33. The first kappa shape index (κ1) is 15.3. The molecule has 1 N–H and O–H groups in total. The molecule has 3 nitrogen and oxygen atoms in total. The number of pyridine rings is 1. The summed E-state index contributed by atoms with van der Waals surface area (Å²) >= 11 is 6.12. The van der Waals surface area contributed by atoms with Gasteiger partial charge in [-0.3, -0.25) is 0 Å². The van der Waals surface area contributed by atoms with Gasteiger partial charge in [-0.1, -0.05) is 38.8 Å². The zero-order chi connectivity index (χ0) is 13.5. The van der Waals surface area contributed by atoms with Gasteiger partial charge in [-0.25, -0.2) is 4.98 Å². The van der Waals surface area contributed by atoms with E-state index in [1.807, 2.05) is 12.1 Å². The number of halogens is 1. The molecule has 0 aliphatic heterocycles. The van der Waals surface area contributed by atoms with Crippen LogP contribution in [0.4, 0.5) is 0 Å². The van der Waals surface area contributed by atoms with E-state index in [1.54, 1.807) is 0 Å². The monoisotopic (exact) mass is 270 g/mol. The van der Waals surface area contributed by atoms with Gasteiger partial charge in [0.15, 0.2) is 0 Å². The summed E-state index contributed by atoms with van der Waals surface area (Å²) in [6, 6.07) is 4.08. The van der Waals surface area contributed by atoms with Crippen LogP contribution in [0.2, 0.25) is 5.02 Å². The lowest BCUT2D eigenvalue weighted by atomic mass is 10.2. The van der Waals surface area contributed by atoms with E-state index in [4.69, 9.17) is 16.3 Å². The molecule has 0 spiro atoms. The maximum absolute atomic E-state index is 6.12. The molecule has 0 saturated heterocycles. The zero-order valence-electron chi connectivity index (χ0n) is 11.7. The van der Waals surface area contributed by atoms with Gasteiger partial charge in [0.25, 0.3) is 0 Å². The van der Waals surface area contributed by atoms with Crippen molar-refractivity contribution >= 4 is 11.6 Å². The number of hydrogen-bond donors (Lipinski definition) is 1. The van der Waals surface area contributed by atoms with Crippen molar-refractivity contribution in [2.24, 2.45) is 0 Å². The minimum absolute atomic E-state index is 0.189. The van der Waals surface area contributed by atoms with Crippen LogP contribution in [-0.2, 0) is 6.54 Å². The highest BCUT2D eigenvalue weighted by atomic mass is 35.5. The Hall–Kier alpha value is -0.800. The van der Waals surface area contributed by atoms with Gasteiger partial charge in [0, 0.05) is 18.7 Å². The first-order valence-corrected chi connectivity index (χ1v) is 6.96. The maximum Gasteiger partial charge on any atom is 0.213 e. The van der Waals surface area contributed by atoms with E-state index in [1.165, 1.54) is 0 Å². The van der Waals surface area contributed by atoms with E-state index in [0.29, 0.717) is 23.5 Å². The van der Waals surface area contributed by atoms with Crippen LogP contribution in [-0.4, -0.2) is 17.1 Å². The molecule has 4 heteroatoms. The van der Waals surface area contributed by atoms with Gasteiger partial charge in [-0.05, 0) is 19.4 Å². The Bertz CT molecular complexity index is 369. The van der Waals surface area contributed by atoms with Crippen molar-refractivity contribution in [2.45, 2.75) is 59.2 Å². The fraction of sp³-hybridized carbons (Fsp3) is 0.643. The Morgan fingerprint density at radius 1 is 1.33 bits per heavy atom. The Kier molecular flexibility index (Phi) is 6.44. The molecule has 1 aromatic heterocycles. The molecule has 0 aliphatic carbocycles. The molecule has 1 rings (SSSR count). The van der Waals surface area contributed by atoms with Crippen molar-refractivity contribution in [1.29, 1.82) is 0 Å². The van der Waals surface area contributed by atoms with Crippen LogP contribution in [0.25, 0.3) is 0 Å². The molecule has 1 unspecified atom stereocenters. The van der Waals surface area contributed by atoms with Crippen molar-refractivity contribution in [2.75, 3.05) is 0 Å². The van der Waals surface area contributed by atoms with Crippen LogP contribution < -0.4 is 10.1 Å². The number of rotatable bonds is 7. The van der Waals surface area contributed by atoms with Crippen LogP contribution in [0, 0.1) is 0 Å². The van der Waals surface area contributed by atoms with Crippen molar-refractivity contribution < 1.29 is 4.74 Å². The largest absolute Gasteiger partial charge is 0.475 e. The van der Waals surface area contributed by atoms with Crippen LogP contribution >= 0.6 is 11.6 Å². The second-order valence-electron chi connectivity index (χ2n) is 4.83. The third-order valence-electron chi connectivity index (χ3n) is 2.59. The number of hydrogen-bond acceptors (Lipinski definition) is 3. The lowest BCUT2D eigenvalue weighted by Gasteiger charge is -2.15. The number of ether oxygens (including phenoxy) is 1. The summed E-state index contributed by atoms with van der Waals surface area (Å²) in [4.78, 5) is 4.45. The molecule has 0 saturated carbocycles. The molecule has 0 radical (unpaired) electrons. The van der Waals surface area contributed by atoms with Gasteiger partial charge in [0.05, 0.1) is 16.8 Å². The SMILES string of the molecule is CCCC(C)Oc1ccc(Cl)c(CNC(C)C)n1. The molecule has 0 fully saturated rings. The topological polar surface area (TPSA) is 34.1 Å². The van der Waals surface area contributed by atoms with E-state index < -0.39 is 0 Å². The molecular formula is C14H23ClN2O. The van der Waals surface area contributed by atoms with E-state index in [2.05, 4.69) is 38.0 Å². The van der Waals surface area contributed by atoms with Crippen molar-refractivity contribution in [3.8, 4) is 5.88 Å². The van der Waals surface area contributed by atoms with Crippen molar-refractivity contribution in [3.63, 3.8) is 0 Å². The van der Waals surface area contributed by atoms with E-state index in [9.17, 15) is 0 Å². The molecule has 1 atom stereocenters. The summed E-state index contributed by atoms with van der Waals surface area (Å²) in [7, 11) is 0. The Balaban J connectivity index is 2.67. The highest BCUT2D eigenvalue weighted by Crippen LogP contribution is 2.19. The van der Waals surface area contributed by atoms with E-state index in [0.717, 1.165) is 18.5 Å². The minimum Gasteiger partial charge on any atom is -0.475 e. The Morgan fingerprint density at radius 3 is 2.67 bits per heavy atom. The van der Waals surface area contributed by atoms with Crippen LogP contribution in [0.3, 0.4) is 0 Å². The average Bonchev–Trinajstić information content (AvgIpc) is 2.30. The van der Waals surface area contributed by atoms with Crippen LogP contribution in [0.15, 0.2) is 12.1 Å². The first-order chi connectivity index (χ1) is 8.52. The molecular weight excluding hydrogens is 248 g/mol. The predicted octanol–water partition coefficient (Wildman–Crippen LogP) is 3.80. The third-order valence-corrected chi connectivity index (χ3v) is 2.93. The van der Waals surface area contributed by atoms with E-state index in [-0.39, 0.29) is 6.10 Å². The summed E-state index contributed by atoms with van der Waals surface area (Å²) in [6.45, 7) is 9.06. The van der Waals surface area contributed by atoms with Crippen LogP contribution in [0.1, 0.15) is 46.2 Å². The molecule has 1 heterocycles. The highest BCUT2D eigenvalue weighted by Gasteiger charge is 2.08. The smallest absolute Gasteiger partial charge is 0.213 e. The van der Waals surface area contributed by atoms with Gasteiger partial charge in [0.1, 0.15) is 0 Å². The Labute approximate surface area is 115 Å². The standard InChI is InChI=1S/C14H23ClN2O/c1-5-6-11(4)18-14-8-7-12(15)13(17-14)9-16-10(2)3/h7-8,10-11,16H,5-6,9H2,1-4H3. The molecule has 0 bridgehead atoms. The quantitative estimate of drug-likeness (QED) is 0.818. The zero-order valence-corrected chi connectivity index (χ0v) is 12.4. The third kappa shape index (κ3) is 5.23. The second kappa shape index (κ2) is 7.59. The second-order valence-corrected chi connectivity index (χ2v) is 5.24. The van der Waals surface area contributed by atoms with Gasteiger partial charge in [0.2, 0.25) is 5.88 Å². The maximum atomic E-state index is 6.12.